The van der Waals surface area contributed by atoms with Crippen molar-refractivity contribution < 1.29 is 19.9 Å². The van der Waals surface area contributed by atoms with Crippen LogP contribution in [0.5, 0.6) is 0 Å². The van der Waals surface area contributed by atoms with Crippen LogP contribution >= 0.6 is 0 Å². The van der Waals surface area contributed by atoms with Gasteiger partial charge in [-0.25, -0.2) is 5.48 Å². The Hall–Kier alpha value is -1.10. The topological polar surface area (TPSA) is 86.6 Å². The standard InChI is InChI=1S/C14H27NO4/c1-2-12(14(17)18)10-8-6-4-3-5-7-9-11-13(16)15-19/h12,19H,2-11H2,1H3,(H,15,16)(H,17,18). The van der Waals surface area contributed by atoms with E-state index in [1.807, 2.05) is 6.92 Å². The second-order valence-electron chi connectivity index (χ2n) is 4.99. The summed E-state index contributed by atoms with van der Waals surface area (Å²) < 4.78 is 0. The molecule has 112 valence electrons. The summed E-state index contributed by atoms with van der Waals surface area (Å²) in [6.07, 6.45) is 9.10. The molecule has 0 fully saturated rings. The summed E-state index contributed by atoms with van der Waals surface area (Å²) in [7, 11) is 0. The first kappa shape index (κ1) is 17.9. The fraction of sp³-hybridized carbons (Fsp3) is 0.857. The molecule has 0 saturated heterocycles. The van der Waals surface area contributed by atoms with Crippen LogP contribution in [0.25, 0.3) is 0 Å². The summed E-state index contributed by atoms with van der Waals surface area (Å²) in [5, 5.41) is 17.2. The summed E-state index contributed by atoms with van der Waals surface area (Å²) in [6, 6.07) is 0. The predicted molar refractivity (Wildman–Crippen MR) is 72.9 cm³/mol. The van der Waals surface area contributed by atoms with Gasteiger partial charge in [0.25, 0.3) is 0 Å². The first-order chi connectivity index (χ1) is 9.11. The maximum atomic E-state index is 10.8. The van der Waals surface area contributed by atoms with Gasteiger partial charge < -0.3 is 5.11 Å². The van der Waals surface area contributed by atoms with Crippen molar-refractivity contribution >= 4 is 11.9 Å². The van der Waals surface area contributed by atoms with Gasteiger partial charge in [-0.1, -0.05) is 45.4 Å². The van der Waals surface area contributed by atoms with Crippen LogP contribution in [0.15, 0.2) is 0 Å². The molecular weight excluding hydrogens is 246 g/mol. The fourth-order valence-corrected chi connectivity index (χ4v) is 2.12. The van der Waals surface area contributed by atoms with Crippen molar-refractivity contribution in [2.24, 2.45) is 5.92 Å². The summed E-state index contributed by atoms with van der Waals surface area (Å²) in [5.41, 5.74) is 1.62. The molecular formula is C14H27NO4. The Labute approximate surface area is 115 Å². The van der Waals surface area contributed by atoms with Crippen LogP contribution in [0.3, 0.4) is 0 Å². The van der Waals surface area contributed by atoms with E-state index in [-0.39, 0.29) is 11.8 Å². The van der Waals surface area contributed by atoms with E-state index in [4.69, 9.17) is 10.3 Å². The maximum Gasteiger partial charge on any atom is 0.306 e. The minimum atomic E-state index is -0.676. The lowest BCUT2D eigenvalue weighted by atomic mass is 9.98. The van der Waals surface area contributed by atoms with Gasteiger partial charge in [0.15, 0.2) is 0 Å². The van der Waals surface area contributed by atoms with Gasteiger partial charge in [0.1, 0.15) is 0 Å². The molecule has 0 radical (unpaired) electrons. The molecule has 0 aliphatic heterocycles. The number of hydroxylamine groups is 1. The summed E-state index contributed by atoms with van der Waals surface area (Å²) in [6.45, 7) is 1.92. The minimum Gasteiger partial charge on any atom is -0.481 e. The van der Waals surface area contributed by atoms with Gasteiger partial charge in [-0.2, -0.15) is 0 Å². The Morgan fingerprint density at radius 3 is 2.00 bits per heavy atom. The molecule has 1 amide bonds. The van der Waals surface area contributed by atoms with E-state index < -0.39 is 5.97 Å². The molecule has 19 heavy (non-hydrogen) atoms. The smallest absolute Gasteiger partial charge is 0.306 e. The quantitative estimate of drug-likeness (QED) is 0.290. The minimum absolute atomic E-state index is 0.183. The number of carbonyl (C=O) groups excluding carboxylic acids is 1. The van der Waals surface area contributed by atoms with Crippen molar-refractivity contribution in [3.05, 3.63) is 0 Å². The van der Waals surface area contributed by atoms with Gasteiger partial charge in [0, 0.05) is 6.42 Å². The Morgan fingerprint density at radius 2 is 1.53 bits per heavy atom. The van der Waals surface area contributed by atoms with Crippen LogP contribution < -0.4 is 5.48 Å². The number of rotatable bonds is 12. The molecule has 0 aliphatic rings. The largest absolute Gasteiger partial charge is 0.481 e. The van der Waals surface area contributed by atoms with Crippen LogP contribution in [0.1, 0.15) is 71.1 Å². The number of carbonyl (C=O) groups is 2. The highest BCUT2D eigenvalue weighted by molar-refractivity contribution is 5.74. The molecule has 5 heteroatoms. The molecule has 0 saturated carbocycles. The third-order valence-electron chi connectivity index (χ3n) is 3.42. The lowest BCUT2D eigenvalue weighted by Crippen LogP contribution is -2.17. The molecule has 0 aromatic carbocycles. The van der Waals surface area contributed by atoms with Crippen LogP contribution in [-0.4, -0.2) is 22.2 Å². The monoisotopic (exact) mass is 273 g/mol. The zero-order valence-corrected chi connectivity index (χ0v) is 11.9. The summed E-state index contributed by atoms with van der Waals surface area (Å²) in [5.74, 6) is -1.18. The number of nitrogens with one attached hydrogen (secondary N) is 1. The maximum absolute atomic E-state index is 10.8. The van der Waals surface area contributed by atoms with Gasteiger partial charge in [0.2, 0.25) is 5.91 Å². The predicted octanol–water partition coefficient (Wildman–Crippen LogP) is 3.11. The second kappa shape index (κ2) is 12.0. The lowest BCUT2D eigenvalue weighted by Gasteiger charge is -2.08. The number of unbranched alkanes of at least 4 members (excludes halogenated alkanes) is 6. The van der Waals surface area contributed by atoms with Crippen LogP contribution in [-0.2, 0) is 9.59 Å². The third-order valence-corrected chi connectivity index (χ3v) is 3.42. The molecule has 0 heterocycles. The highest BCUT2D eigenvalue weighted by atomic mass is 16.5. The van der Waals surface area contributed by atoms with Gasteiger partial charge >= 0.3 is 5.97 Å². The molecule has 1 atom stereocenters. The van der Waals surface area contributed by atoms with Crippen LogP contribution in [0, 0.1) is 5.92 Å². The fourth-order valence-electron chi connectivity index (χ4n) is 2.12. The van der Waals surface area contributed by atoms with Crippen LogP contribution in [0.2, 0.25) is 0 Å². The van der Waals surface area contributed by atoms with E-state index in [1.165, 1.54) is 0 Å². The molecule has 0 aromatic rings. The first-order valence-electron chi connectivity index (χ1n) is 7.27. The van der Waals surface area contributed by atoms with E-state index in [0.29, 0.717) is 12.8 Å². The molecule has 0 aromatic heterocycles. The number of amides is 1. The van der Waals surface area contributed by atoms with E-state index in [2.05, 4.69) is 0 Å². The van der Waals surface area contributed by atoms with Gasteiger partial charge in [0.05, 0.1) is 5.92 Å². The summed E-state index contributed by atoms with van der Waals surface area (Å²) >= 11 is 0. The highest BCUT2D eigenvalue weighted by Gasteiger charge is 2.13. The van der Waals surface area contributed by atoms with Gasteiger partial charge in [-0.05, 0) is 19.3 Å². The third kappa shape index (κ3) is 10.5. The molecule has 0 bridgehead atoms. The Balaban J connectivity index is 3.27. The van der Waals surface area contributed by atoms with Crippen molar-refractivity contribution in [1.82, 2.24) is 5.48 Å². The van der Waals surface area contributed by atoms with Crippen molar-refractivity contribution in [3.8, 4) is 0 Å². The number of carboxylic acids is 1. The van der Waals surface area contributed by atoms with Crippen molar-refractivity contribution in [3.63, 3.8) is 0 Å². The number of hydrogen-bond donors (Lipinski definition) is 3. The molecule has 0 rings (SSSR count). The normalized spacial score (nSPS) is 12.1. The zero-order valence-electron chi connectivity index (χ0n) is 11.9. The summed E-state index contributed by atoms with van der Waals surface area (Å²) in [4.78, 5) is 21.5. The molecule has 5 nitrogen and oxygen atoms in total. The van der Waals surface area contributed by atoms with E-state index >= 15 is 0 Å². The SMILES string of the molecule is CCC(CCCCCCCCCC(=O)NO)C(=O)O. The van der Waals surface area contributed by atoms with E-state index in [1.54, 1.807) is 5.48 Å². The molecule has 0 spiro atoms. The van der Waals surface area contributed by atoms with Crippen molar-refractivity contribution in [2.45, 2.75) is 71.1 Å². The lowest BCUT2D eigenvalue weighted by molar-refractivity contribution is -0.142. The van der Waals surface area contributed by atoms with Gasteiger partial charge in [-0.3, -0.25) is 14.8 Å². The molecule has 3 N–H and O–H groups in total. The number of aliphatic carboxylic acids is 1. The van der Waals surface area contributed by atoms with Crippen LogP contribution in [0.4, 0.5) is 0 Å². The van der Waals surface area contributed by atoms with E-state index in [0.717, 1.165) is 51.4 Å². The van der Waals surface area contributed by atoms with Crippen molar-refractivity contribution in [2.75, 3.05) is 0 Å². The number of hydrogen-bond acceptors (Lipinski definition) is 3. The Kier molecular flexibility index (Phi) is 11.3. The average molecular weight is 273 g/mol. The highest BCUT2D eigenvalue weighted by Crippen LogP contribution is 2.15. The van der Waals surface area contributed by atoms with Gasteiger partial charge in [-0.15, -0.1) is 0 Å². The molecule has 1 unspecified atom stereocenters. The average Bonchev–Trinajstić information content (AvgIpc) is 2.40. The Bertz CT molecular complexity index is 256. The first-order valence-corrected chi connectivity index (χ1v) is 7.27. The second-order valence-corrected chi connectivity index (χ2v) is 4.99. The molecule has 0 aliphatic carbocycles. The number of carboxylic acid groups (broad SMARTS) is 1. The van der Waals surface area contributed by atoms with Crippen molar-refractivity contribution in [1.29, 1.82) is 0 Å². The Morgan fingerprint density at radius 1 is 1.00 bits per heavy atom. The van der Waals surface area contributed by atoms with E-state index in [9.17, 15) is 9.59 Å². The zero-order chi connectivity index (χ0) is 14.5.